The van der Waals surface area contributed by atoms with Crippen LogP contribution in [0, 0.1) is 11.6 Å². The number of unbranched alkanes of at least 4 members (excludes halogenated alkanes) is 2. The standard InChI is InChI=1S/C25H26F2N4/c1-2-3-4-14-28-25-29-15-19(16-30-25)17-8-10-18(11-9-17)22-12-13-23(31-22)24-20(26)6-5-7-21(24)27/h5-11,15-16,22H,2-4,12-14H2,1H3,(H,28,29,30). The van der Waals surface area contributed by atoms with E-state index in [0.29, 0.717) is 18.1 Å². The van der Waals surface area contributed by atoms with Crippen LogP contribution >= 0.6 is 0 Å². The van der Waals surface area contributed by atoms with E-state index in [-0.39, 0.29) is 11.6 Å². The zero-order valence-electron chi connectivity index (χ0n) is 17.6. The Morgan fingerprint density at radius 3 is 2.32 bits per heavy atom. The Hall–Kier alpha value is -3.15. The van der Waals surface area contributed by atoms with E-state index in [0.717, 1.165) is 36.1 Å². The lowest BCUT2D eigenvalue weighted by Gasteiger charge is -2.09. The van der Waals surface area contributed by atoms with Crippen LogP contribution in [-0.2, 0) is 0 Å². The van der Waals surface area contributed by atoms with Crippen LogP contribution in [0.1, 0.15) is 56.2 Å². The molecule has 0 radical (unpaired) electrons. The molecular weight excluding hydrogens is 394 g/mol. The van der Waals surface area contributed by atoms with Crippen LogP contribution in [0.4, 0.5) is 14.7 Å². The summed E-state index contributed by atoms with van der Waals surface area (Å²) in [5, 5.41) is 3.24. The zero-order valence-corrected chi connectivity index (χ0v) is 17.6. The third kappa shape index (κ3) is 4.95. The van der Waals surface area contributed by atoms with Crippen molar-refractivity contribution in [3.05, 3.63) is 77.6 Å². The van der Waals surface area contributed by atoms with Crippen LogP contribution in [0.25, 0.3) is 11.1 Å². The van der Waals surface area contributed by atoms with E-state index in [1.165, 1.54) is 31.0 Å². The van der Waals surface area contributed by atoms with Crippen LogP contribution in [0.3, 0.4) is 0 Å². The van der Waals surface area contributed by atoms with Gasteiger partial charge in [-0.2, -0.15) is 0 Å². The number of nitrogens with one attached hydrogen (secondary N) is 1. The number of nitrogens with zero attached hydrogens (tertiary/aromatic N) is 3. The lowest BCUT2D eigenvalue weighted by atomic mass is 10.0. The van der Waals surface area contributed by atoms with E-state index in [4.69, 9.17) is 0 Å². The number of aliphatic imine (C=N–C) groups is 1. The van der Waals surface area contributed by atoms with Gasteiger partial charge in [-0.3, -0.25) is 4.99 Å². The van der Waals surface area contributed by atoms with E-state index < -0.39 is 11.6 Å². The summed E-state index contributed by atoms with van der Waals surface area (Å²) in [6.07, 6.45) is 8.42. The summed E-state index contributed by atoms with van der Waals surface area (Å²) in [5.41, 5.74) is 3.49. The van der Waals surface area contributed by atoms with Gasteiger partial charge in [-0.1, -0.05) is 50.1 Å². The van der Waals surface area contributed by atoms with E-state index in [9.17, 15) is 8.78 Å². The monoisotopic (exact) mass is 420 g/mol. The molecule has 4 nitrogen and oxygen atoms in total. The van der Waals surface area contributed by atoms with Crippen LogP contribution < -0.4 is 5.32 Å². The first-order valence-corrected chi connectivity index (χ1v) is 10.8. The van der Waals surface area contributed by atoms with Crippen molar-refractivity contribution < 1.29 is 8.78 Å². The first-order valence-electron chi connectivity index (χ1n) is 10.8. The van der Waals surface area contributed by atoms with E-state index >= 15 is 0 Å². The number of hydrogen-bond donors (Lipinski definition) is 1. The number of halogens is 2. The molecule has 160 valence electrons. The second kappa shape index (κ2) is 9.77. The summed E-state index contributed by atoms with van der Waals surface area (Å²) in [7, 11) is 0. The summed E-state index contributed by atoms with van der Waals surface area (Å²) in [6.45, 7) is 3.06. The van der Waals surface area contributed by atoms with Gasteiger partial charge in [0.05, 0.1) is 11.6 Å². The molecule has 1 N–H and O–H groups in total. The van der Waals surface area contributed by atoms with Gasteiger partial charge in [0, 0.05) is 30.2 Å². The molecule has 1 aliphatic rings. The Morgan fingerprint density at radius 1 is 0.935 bits per heavy atom. The second-order valence-electron chi connectivity index (χ2n) is 7.78. The number of rotatable bonds is 8. The lowest BCUT2D eigenvalue weighted by Crippen LogP contribution is -2.04. The van der Waals surface area contributed by atoms with Crippen molar-refractivity contribution in [3.63, 3.8) is 0 Å². The van der Waals surface area contributed by atoms with Gasteiger partial charge in [-0.25, -0.2) is 18.7 Å². The van der Waals surface area contributed by atoms with Crippen molar-refractivity contribution in [2.24, 2.45) is 4.99 Å². The zero-order chi connectivity index (χ0) is 21.6. The molecule has 1 unspecified atom stereocenters. The fourth-order valence-corrected chi connectivity index (χ4v) is 3.84. The maximum absolute atomic E-state index is 14.1. The lowest BCUT2D eigenvalue weighted by molar-refractivity contribution is 0.578. The fraction of sp³-hybridized carbons (Fsp3) is 0.320. The van der Waals surface area contributed by atoms with Gasteiger partial charge < -0.3 is 5.32 Å². The molecule has 0 bridgehead atoms. The maximum atomic E-state index is 14.1. The average molecular weight is 421 g/mol. The molecular formula is C25H26F2N4. The number of hydrogen-bond acceptors (Lipinski definition) is 4. The summed E-state index contributed by atoms with van der Waals surface area (Å²) in [5.74, 6) is -0.472. The maximum Gasteiger partial charge on any atom is 0.222 e. The molecule has 0 saturated heterocycles. The van der Waals surface area contributed by atoms with E-state index in [1.807, 2.05) is 36.7 Å². The number of aromatic nitrogens is 2. The Kier molecular flexibility index (Phi) is 6.65. The van der Waals surface area contributed by atoms with Crippen molar-refractivity contribution in [1.82, 2.24) is 9.97 Å². The van der Waals surface area contributed by atoms with Crippen molar-refractivity contribution >= 4 is 11.7 Å². The van der Waals surface area contributed by atoms with Crippen LogP contribution in [-0.4, -0.2) is 22.2 Å². The number of benzene rings is 2. The first kappa shape index (κ1) is 21.1. The predicted molar refractivity (Wildman–Crippen MR) is 120 cm³/mol. The minimum atomic E-state index is -0.557. The molecule has 4 rings (SSSR count). The Bertz CT molecular complexity index is 1030. The van der Waals surface area contributed by atoms with Crippen LogP contribution in [0.2, 0.25) is 0 Å². The molecule has 31 heavy (non-hydrogen) atoms. The summed E-state index contributed by atoms with van der Waals surface area (Å²) in [4.78, 5) is 13.4. The minimum Gasteiger partial charge on any atom is -0.354 e. The van der Waals surface area contributed by atoms with Gasteiger partial charge in [0.2, 0.25) is 5.95 Å². The molecule has 0 spiro atoms. The van der Waals surface area contributed by atoms with Gasteiger partial charge >= 0.3 is 0 Å². The van der Waals surface area contributed by atoms with Gasteiger partial charge in [0.25, 0.3) is 0 Å². The molecule has 1 atom stereocenters. The fourth-order valence-electron chi connectivity index (χ4n) is 3.84. The average Bonchev–Trinajstić information content (AvgIpc) is 3.27. The number of anilines is 1. The quantitative estimate of drug-likeness (QED) is 0.432. The molecule has 0 amide bonds. The third-order valence-electron chi connectivity index (χ3n) is 5.56. The topological polar surface area (TPSA) is 50.2 Å². The predicted octanol–water partition coefficient (Wildman–Crippen LogP) is 6.35. The summed E-state index contributed by atoms with van der Waals surface area (Å²) < 4.78 is 28.1. The molecule has 1 aliphatic heterocycles. The van der Waals surface area contributed by atoms with Crippen molar-refractivity contribution in [3.8, 4) is 11.1 Å². The van der Waals surface area contributed by atoms with Crippen molar-refractivity contribution in [2.45, 2.75) is 45.1 Å². The van der Waals surface area contributed by atoms with E-state index in [2.05, 4.69) is 27.2 Å². The van der Waals surface area contributed by atoms with Crippen molar-refractivity contribution in [1.29, 1.82) is 0 Å². The molecule has 2 heterocycles. The largest absolute Gasteiger partial charge is 0.354 e. The van der Waals surface area contributed by atoms with Gasteiger partial charge in [-0.15, -0.1) is 0 Å². The third-order valence-corrected chi connectivity index (χ3v) is 5.56. The summed E-state index contributed by atoms with van der Waals surface area (Å²) in [6, 6.07) is 11.9. The molecule has 0 aliphatic carbocycles. The highest BCUT2D eigenvalue weighted by molar-refractivity contribution is 6.02. The first-order chi connectivity index (χ1) is 15.2. The molecule has 3 aromatic rings. The molecule has 0 fully saturated rings. The highest BCUT2D eigenvalue weighted by Gasteiger charge is 2.24. The Morgan fingerprint density at radius 2 is 1.65 bits per heavy atom. The highest BCUT2D eigenvalue weighted by Crippen LogP contribution is 2.33. The van der Waals surface area contributed by atoms with Crippen molar-refractivity contribution in [2.75, 3.05) is 11.9 Å². The van der Waals surface area contributed by atoms with Crippen LogP contribution in [0.15, 0.2) is 59.9 Å². The minimum absolute atomic E-state index is 0.00200. The van der Waals surface area contributed by atoms with Gasteiger partial charge in [0.15, 0.2) is 0 Å². The second-order valence-corrected chi connectivity index (χ2v) is 7.78. The van der Waals surface area contributed by atoms with Gasteiger partial charge in [-0.05, 0) is 42.5 Å². The van der Waals surface area contributed by atoms with Crippen LogP contribution in [0.5, 0.6) is 0 Å². The highest BCUT2D eigenvalue weighted by atomic mass is 19.1. The normalized spacial score (nSPS) is 15.7. The summed E-state index contributed by atoms with van der Waals surface area (Å²) >= 11 is 0. The molecule has 6 heteroatoms. The molecule has 2 aromatic carbocycles. The Balaban J connectivity index is 1.43. The van der Waals surface area contributed by atoms with Gasteiger partial charge in [0.1, 0.15) is 11.6 Å². The SMILES string of the molecule is CCCCCNc1ncc(-c2ccc(C3CCC(c4c(F)cccc4F)=N3)cc2)cn1. The smallest absolute Gasteiger partial charge is 0.222 e. The molecule has 1 aromatic heterocycles. The van der Waals surface area contributed by atoms with E-state index in [1.54, 1.807) is 0 Å². The molecule has 0 saturated carbocycles. The Labute approximate surface area is 181 Å².